The molecule has 140 valence electrons. The van der Waals surface area contributed by atoms with Crippen molar-refractivity contribution in [3.63, 3.8) is 0 Å². The van der Waals surface area contributed by atoms with Crippen LogP contribution in [-0.4, -0.2) is 33.7 Å². The Morgan fingerprint density at radius 3 is 2.15 bits per heavy atom. The van der Waals surface area contributed by atoms with Crippen LogP contribution in [-0.2, 0) is 14.8 Å². The second kappa shape index (κ2) is 8.16. The molecule has 0 aliphatic carbocycles. The van der Waals surface area contributed by atoms with Crippen LogP contribution in [0.5, 0.6) is 5.75 Å². The van der Waals surface area contributed by atoms with Gasteiger partial charge >= 0.3 is 0 Å². The first-order valence-corrected chi connectivity index (χ1v) is 10.1. The molecular formula is C17H18Cl2N2O4S. The van der Waals surface area contributed by atoms with Gasteiger partial charge in [0.2, 0.25) is 10.0 Å². The fraction of sp³-hybridized carbons (Fsp3) is 0.235. The molecule has 1 amide bonds. The van der Waals surface area contributed by atoms with Crippen molar-refractivity contribution in [1.82, 2.24) is 0 Å². The molecule has 0 saturated heterocycles. The number of hydrogen-bond acceptors (Lipinski definition) is 4. The predicted molar refractivity (Wildman–Crippen MR) is 105 cm³/mol. The number of ether oxygens (including phenoxy) is 1. The van der Waals surface area contributed by atoms with Gasteiger partial charge in [0.15, 0.2) is 6.10 Å². The molecule has 2 rings (SSSR count). The van der Waals surface area contributed by atoms with E-state index in [1.54, 1.807) is 49.4 Å². The summed E-state index contributed by atoms with van der Waals surface area (Å²) in [5, 5.41) is 3.49. The third kappa shape index (κ3) is 5.52. The summed E-state index contributed by atoms with van der Waals surface area (Å²) in [7, 11) is -1.88. The molecule has 1 atom stereocenters. The maximum Gasteiger partial charge on any atom is 0.265 e. The molecule has 6 nitrogen and oxygen atoms in total. The summed E-state index contributed by atoms with van der Waals surface area (Å²) >= 11 is 11.8. The van der Waals surface area contributed by atoms with Gasteiger partial charge in [0.05, 0.1) is 11.9 Å². The van der Waals surface area contributed by atoms with E-state index in [-0.39, 0.29) is 5.91 Å². The van der Waals surface area contributed by atoms with Gasteiger partial charge in [-0.25, -0.2) is 8.42 Å². The number of nitrogens with zero attached hydrogens (tertiary/aromatic N) is 1. The molecule has 0 spiro atoms. The van der Waals surface area contributed by atoms with Crippen molar-refractivity contribution in [2.75, 3.05) is 22.9 Å². The van der Waals surface area contributed by atoms with Crippen LogP contribution in [0, 0.1) is 0 Å². The minimum absolute atomic E-state index is 0.374. The van der Waals surface area contributed by atoms with Gasteiger partial charge in [0, 0.05) is 22.8 Å². The molecule has 0 bridgehead atoms. The van der Waals surface area contributed by atoms with Gasteiger partial charge in [-0.05, 0) is 49.4 Å². The maximum atomic E-state index is 12.2. The third-order valence-corrected chi connectivity index (χ3v) is 5.15. The molecular weight excluding hydrogens is 399 g/mol. The summed E-state index contributed by atoms with van der Waals surface area (Å²) in [6.45, 7) is 1.60. The first-order chi connectivity index (χ1) is 12.1. The lowest BCUT2D eigenvalue weighted by atomic mass is 10.2. The number of hydrogen-bond donors (Lipinski definition) is 1. The molecule has 26 heavy (non-hydrogen) atoms. The Bertz CT molecular complexity index is 881. The van der Waals surface area contributed by atoms with Crippen LogP contribution >= 0.6 is 23.2 Å². The maximum absolute atomic E-state index is 12.2. The van der Waals surface area contributed by atoms with E-state index in [2.05, 4.69) is 5.32 Å². The Labute approximate surface area is 162 Å². The number of rotatable bonds is 6. The fourth-order valence-corrected chi connectivity index (χ4v) is 3.08. The lowest BCUT2D eigenvalue weighted by Crippen LogP contribution is -2.30. The fourth-order valence-electron chi connectivity index (χ4n) is 2.05. The minimum Gasteiger partial charge on any atom is -0.481 e. The van der Waals surface area contributed by atoms with Crippen LogP contribution in [0.2, 0.25) is 10.0 Å². The van der Waals surface area contributed by atoms with Crippen molar-refractivity contribution in [1.29, 1.82) is 0 Å². The van der Waals surface area contributed by atoms with Gasteiger partial charge in [0.25, 0.3) is 5.91 Å². The number of carbonyl (C=O) groups excluding carboxylic acids is 1. The number of nitrogens with one attached hydrogen (secondary N) is 1. The number of anilines is 2. The van der Waals surface area contributed by atoms with E-state index in [9.17, 15) is 13.2 Å². The van der Waals surface area contributed by atoms with Crippen molar-refractivity contribution < 1.29 is 17.9 Å². The molecule has 2 aromatic rings. The van der Waals surface area contributed by atoms with Crippen LogP contribution in [0.1, 0.15) is 6.92 Å². The first kappa shape index (κ1) is 20.4. The third-order valence-electron chi connectivity index (χ3n) is 3.51. The van der Waals surface area contributed by atoms with E-state index in [1.165, 1.54) is 7.05 Å². The number of carbonyl (C=O) groups is 1. The monoisotopic (exact) mass is 416 g/mol. The summed E-state index contributed by atoms with van der Waals surface area (Å²) < 4.78 is 29.8. The molecule has 0 unspecified atom stereocenters. The number of amides is 1. The van der Waals surface area contributed by atoms with Gasteiger partial charge in [-0.15, -0.1) is 0 Å². The number of sulfonamides is 1. The highest BCUT2D eigenvalue weighted by Crippen LogP contribution is 2.24. The molecule has 0 fully saturated rings. The van der Waals surface area contributed by atoms with E-state index in [0.717, 1.165) is 10.6 Å². The summed E-state index contributed by atoms with van der Waals surface area (Å²) in [4.78, 5) is 12.2. The zero-order valence-electron chi connectivity index (χ0n) is 14.4. The summed E-state index contributed by atoms with van der Waals surface area (Å²) in [6.07, 6.45) is 0.331. The van der Waals surface area contributed by atoms with Crippen molar-refractivity contribution in [2.24, 2.45) is 0 Å². The predicted octanol–water partition coefficient (Wildman–Crippen LogP) is 3.80. The van der Waals surface area contributed by atoms with Crippen molar-refractivity contribution in [2.45, 2.75) is 13.0 Å². The Morgan fingerprint density at radius 2 is 1.65 bits per heavy atom. The van der Waals surface area contributed by atoms with Crippen LogP contribution in [0.4, 0.5) is 11.4 Å². The second-order valence-corrected chi connectivity index (χ2v) is 8.52. The molecule has 0 aromatic heterocycles. The largest absolute Gasteiger partial charge is 0.481 e. The SMILES string of the molecule is C[C@@H](Oc1ccc(N(C)S(C)(=O)=O)cc1)C(=O)Nc1cc(Cl)cc(Cl)c1. The summed E-state index contributed by atoms with van der Waals surface area (Å²) in [5.74, 6) is 0.0584. The average Bonchev–Trinajstić information content (AvgIpc) is 2.53. The average molecular weight is 417 g/mol. The van der Waals surface area contributed by atoms with Crippen LogP contribution in [0.15, 0.2) is 42.5 Å². The first-order valence-electron chi connectivity index (χ1n) is 7.54. The molecule has 9 heteroatoms. The second-order valence-electron chi connectivity index (χ2n) is 5.63. The van der Waals surface area contributed by atoms with Gasteiger partial charge in [-0.2, -0.15) is 0 Å². The molecule has 2 aromatic carbocycles. The molecule has 1 N–H and O–H groups in total. The summed E-state index contributed by atoms with van der Waals surface area (Å²) in [6, 6.07) is 11.1. The van der Waals surface area contributed by atoms with E-state index >= 15 is 0 Å². The molecule has 0 saturated carbocycles. The van der Waals surface area contributed by atoms with Crippen molar-refractivity contribution in [3.8, 4) is 5.75 Å². The smallest absolute Gasteiger partial charge is 0.265 e. The van der Waals surface area contributed by atoms with Crippen LogP contribution < -0.4 is 14.4 Å². The standard InChI is InChI=1S/C17H18Cl2N2O4S/c1-11(17(22)20-14-9-12(18)8-13(19)10-14)25-16-6-4-15(5-7-16)21(2)26(3,23)24/h4-11H,1-3H3,(H,20,22)/t11-/m1/s1. The lowest BCUT2D eigenvalue weighted by Gasteiger charge is -2.18. The minimum atomic E-state index is -3.34. The van der Waals surface area contributed by atoms with E-state index in [1.807, 2.05) is 0 Å². The molecule has 0 heterocycles. The van der Waals surface area contributed by atoms with Gasteiger partial charge < -0.3 is 10.1 Å². The highest BCUT2D eigenvalue weighted by Gasteiger charge is 2.16. The molecule has 0 radical (unpaired) electrons. The highest BCUT2D eigenvalue weighted by molar-refractivity contribution is 7.92. The number of halogens is 2. The number of benzene rings is 2. The Balaban J connectivity index is 2.02. The van der Waals surface area contributed by atoms with Crippen LogP contribution in [0.3, 0.4) is 0 Å². The summed E-state index contributed by atoms with van der Waals surface area (Å²) in [5.41, 5.74) is 0.957. The zero-order valence-corrected chi connectivity index (χ0v) is 16.7. The van der Waals surface area contributed by atoms with Crippen molar-refractivity contribution >= 4 is 50.5 Å². The van der Waals surface area contributed by atoms with Crippen molar-refractivity contribution in [3.05, 3.63) is 52.5 Å². The quantitative estimate of drug-likeness (QED) is 0.776. The van der Waals surface area contributed by atoms with Gasteiger partial charge in [-0.1, -0.05) is 23.2 Å². The van der Waals surface area contributed by atoms with E-state index in [0.29, 0.717) is 27.2 Å². The zero-order chi connectivity index (χ0) is 19.5. The van der Waals surface area contributed by atoms with E-state index in [4.69, 9.17) is 27.9 Å². The Kier molecular flexibility index (Phi) is 6.39. The van der Waals surface area contributed by atoms with Gasteiger partial charge in [0.1, 0.15) is 5.75 Å². The highest BCUT2D eigenvalue weighted by atomic mass is 35.5. The van der Waals surface area contributed by atoms with Gasteiger partial charge in [-0.3, -0.25) is 9.10 Å². The van der Waals surface area contributed by atoms with Crippen LogP contribution in [0.25, 0.3) is 0 Å². The Morgan fingerprint density at radius 1 is 1.12 bits per heavy atom. The normalized spacial score (nSPS) is 12.3. The molecule has 0 aliphatic rings. The molecule has 0 aliphatic heterocycles. The van der Waals surface area contributed by atoms with E-state index < -0.39 is 16.1 Å². The Hall–Kier alpha value is -1.96. The topological polar surface area (TPSA) is 75.7 Å². The lowest BCUT2D eigenvalue weighted by molar-refractivity contribution is -0.122.